The van der Waals surface area contributed by atoms with Crippen LogP contribution in [-0.2, 0) is 11.3 Å². The first kappa shape index (κ1) is 24.1. The van der Waals surface area contributed by atoms with Gasteiger partial charge in [0, 0.05) is 57.1 Å². The number of amides is 2. The molecule has 3 N–H and O–H groups in total. The van der Waals surface area contributed by atoms with E-state index in [4.69, 9.17) is 0 Å². The van der Waals surface area contributed by atoms with E-state index in [1.54, 1.807) is 13.8 Å². The molecule has 1 aliphatic rings. The van der Waals surface area contributed by atoms with Crippen LogP contribution in [0.2, 0.25) is 0 Å². The predicted octanol–water partition coefficient (Wildman–Crippen LogP) is 0.0465. The Kier molecular flexibility index (Phi) is 9.64. The molecule has 0 aliphatic carbocycles. The number of rotatable bonds is 7. The zero-order chi connectivity index (χ0) is 20.0. The fourth-order valence-electron chi connectivity index (χ4n) is 3.32. The third-order valence-electron chi connectivity index (χ3n) is 4.67. The van der Waals surface area contributed by atoms with Gasteiger partial charge in [-0.25, -0.2) is 0 Å². The number of piperazine rings is 1. The van der Waals surface area contributed by atoms with Gasteiger partial charge in [-0.1, -0.05) is 0 Å². The summed E-state index contributed by atoms with van der Waals surface area (Å²) in [5.74, 6) is -0.456. The molecule has 0 saturated carbocycles. The molecule has 8 nitrogen and oxygen atoms in total. The van der Waals surface area contributed by atoms with Gasteiger partial charge in [0.05, 0.1) is 5.56 Å². The maximum absolute atomic E-state index is 12.7. The van der Waals surface area contributed by atoms with E-state index in [1.165, 1.54) is 10.6 Å². The molecule has 0 radical (unpaired) electrons. The van der Waals surface area contributed by atoms with Crippen LogP contribution in [0.5, 0.6) is 0 Å². The molecular formula is C19H32ClN5O3. The van der Waals surface area contributed by atoms with E-state index in [0.29, 0.717) is 23.4 Å². The topological polar surface area (TPSA) is 95.5 Å². The molecule has 1 aromatic heterocycles. The van der Waals surface area contributed by atoms with E-state index in [2.05, 4.69) is 20.9 Å². The average molecular weight is 414 g/mol. The number of aromatic nitrogens is 1. The Morgan fingerprint density at radius 3 is 2.46 bits per heavy atom. The van der Waals surface area contributed by atoms with Crippen molar-refractivity contribution in [3.8, 4) is 0 Å². The first-order valence-electron chi connectivity index (χ1n) is 9.51. The minimum Gasteiger partial charge on any atom is -0.352 e. The molecule has 2 amide bonds. The molecule has 9 heteroatoms. The van der Waals surface area contributed by atoms with E-state index in [1.807, 2.05) is 13.8 Å². The molecule has 2 heterocycles. The van der Waals surface area contributed by atoms with Gasteiger partial charge in [-0.3, -0.25) is 19.3 Å². The number of pyridine rings is 1. The average Bonchev–Trinajstić information content (AvgIpc) is 2.58. The number of hydrogen-bond donors (Lipinski definition) is 3. The summed E-state index contributed by atoms with van der Waals surface area (Å²) < 4.78 is 1.36. The number of nitrogens with one attached hydrogen (secondary N) is 3. The molecule has 28 heavy (non-hydrogen) atoms. The highest BCUT2D eigenvalue weighted by Gasteiger charge is 2.18. The summed E-state index contributed by atoms with van der Waals surface area (Å²) >= 11 is 0. The van der Waals surface area contributed by atoms with Crippen LogP contribution in [0, 0.1) is 13.8 Å². The fraction of sp³-hybridized carbons (Fsp3) is 0.632. The lowest BCUT2D eigenvalue weighted by atomic mass is 10.1. The van der Waals surface area contributed by atoms with Crippen molar-refractivity contribution in [3.63, 3.8) is 0 Å². The smallest absolute Gasteiger partial charge is 0.253 e. The van der Waals surface area contributed by atoms with Crippen LogP contribution in [0.4, 0.5) is 0 Å². The summed E-state index contributed by atoms with van der Waals surface area (Å²) in [5.41, 5.74) is 1.32. The molecule has 0 atom stereocenters. The Balaban J connectivity index is 0.00000392. The predicted molar refractivity (Wildman–Crippen MR) is 112 cm³/mol. The van der Waals surface area contributed by atoms with Gasteiger partial charge >= 0.3 is 0 Å². The van der Waals surface area contributed by atoms with Gasteiger partial charge in [-0.05, 0) is 33.3 Å². The number of nitrogens with zero attached hydrogens (tertiary/aromatic N) is 2. The summed E-state index contributed by atoms with van der Waals surface area (Å²) in [6, 6.07) is 1.41. The SMILES string of the molecule is Cc1cc(=O)n(CC(=O)NC(C)C)c(C)c1C(=O)NCCN1CCNCC1.Cl. The highest BCUT2D eigenvalue weighted by molar-refractivity contribution is 5.96. The van der Waals surface area contributed by atoms with E-state index in [9.17, 15) is 14.4 Å². The van der Waals surface area contributed by atoms with E-state index in [0.717, 1.165) is 32.7 Å². The van der Waals surface area contributed by atoms with Crippen LogP contribution in [-0.4, -0.2) is 66.6 Å². The van der Waals surface area contributed by atoms with Crippen LogP contribution in [0.15, 0.2) is 10.9 Å². The van der Waals surface area contributed by atoms with Gasteiger partial charge in [0.25, 0.3) is 11.5 Å². The number of carbonyl (C=O) groups excluding carboxylic acids is 2. The lowest BCUT2D eigenvalue weighted by molar-refractivity contribution is -0.122. The van der Waals surface area contributed by atoms with Crippen molar-refractivity contribution in [2.24, 2.45) is 0 Å². The van der Waals surface area contributed by atoms with E-state index in [-0.39, 0.29) is 42.4 Å². The minimum atomic E-state index is -0.277. The van der Waals surface area contributed by atoms with Gasteiger partial charge in [0.2, 0.25) is 5.91 Å². The third kappa shape index (κ3) is 6.61. The van der Waals surface area contributed by atoms with Crippen molar-refractivity contribution in [2.75, 3.05) is 39.3 Å². The zero-order valence-electron chi connectivity index (χ0n) is 17.1. The van der Waals surface area contributed by atoms with Crippen molar-refractivity contribution in [1.29, 1.82) is 0 Å². The molecule has 1 saturated heterocycles. The highest BCUT2D eigenvalue weighted by atomic mass is 35.5. The maximum Gasteiger partial charge on any atom is 0.253 e. The Morgan fingerprint density at radius 1 is 1.21 bits per heavy atom. The standard InChI is InChI=1S/C19H31N5O3.ClH/c1-13(2)22-16(25)12-24-15(4)18(14(3)11-17(24)26)19(27)21-7-10-23-8-5-20-6-9-23;/h11,13,20H,5-10,12H2,1-4H3,(H,21,27)(H,22,25);1H. The Hall–Kier alpha value is -1.90. The monoisotopic (exact) mass is 413 g/mol. The molecule has 0 spiro atoms. The molecule has 0 bridgehead atoms. The molecular weight excluding hydrogens is 382 g/mol. The van der Waals surface area contributed by atoms with Crippen LogP contribution in [0.25, 0.3) is 0 Å². The van der Waals surface area contributed by atoms with Crippen molar-refractivity contribution >= 4 is 24.2 Å². The first-order valence-corrected chi connectivity index (χ1v) is 9.51. The normalized spacial score (nSPS) is 14.5. The number of hydrogen-bond acceptors (Lipinski definition) is 5. The maximum atomic E-state index is 12.7. The van der Waals surface area contributed by atoms with Crippen LogP contribution >= 0.6 is 12.4 Å². The van der Waals surface area contributed by atoms with Crippen molar-refractivity contribution < 1.29 is 9.59 Å². The number of carbonyl (C=O) groups is 2. The van der Waals surface area contributed by atoms with E-state index < -0.39 is 0 Å². The lowest BCUT2D eigenvalue weighted by Crippen LogP contribution is -2.46. The summed E-state index contributed by atoms with van der Waals surface area (Å²) in [5, 5.41) is 9.01. The Labute approximate surface area is 172 Å². The quantitative estimate of drug-likeness (QED) is 0.587. The molecule has 2 rings (SSSR count). The Morgan fingerprint density at radius 2 is 1.86 bits per heavy atom. The summed E-state index contributed by atoms with van der Waals surface area (Å²) in [4.78, 5) is 39.4. The number of halogens is 1. The minimum absolute atomic E-state index is 0. The lowest BCUT2D eigenvalue weighted by Gasteiger charge is -2.27. The van der Waals surface area contributed by atoms with Gasteiger partial charge in [0.15, 0.2) is 0 Å². The molecule has 1 aromatic rings. The second-order valence-corrected chi connectivity index (χ2v) is 7.28. The van der Waals surface area contributed by atoms with Gasteiger partial charge < -0.3 is 20.5 Å². The zero-order valence-corrected chi connectivity index (χ0v) is 17.9. The fourth-order valence-corrected chi connectivity index (χ4v) is 3.32. The van der Waals surface area contributed by atoms with Crippen LogP contribution in [0.1, 0.15) is 35.5 Å². The summed E-state index contributed by atoms with van der Waals surface area (Å²) in [7, 11) is 0. The molecule has 158 valence electrons. The first-order chi connectivity index (χ1) is 12.8. The third-order valence-corrected chi connectivity index (χ3v) is 4.67. The summed E-state index contributed by atoms with van der Waals surface area (Å²) in [6.45, 7) is 12.3. The van der Waals surface area contributed by atoms with Gasteiger partial charge in [-0.15, -0.1) is 12.4 Å². The summed E-state index contributed by atoms with van der Waals surface area (Å²) in [6.07, 6.45) is 0. The highest BCUT2D eigenvalue weighted by Crippen LogP contribution is 2.11. The number of aryl methyl sites for hydroxylation is 1. The van der Waals surface area contributed by atoms with Gasteiger partial charge in [0.1, 0.15) is 6.54 Å². The van der Waals surface area contributed by atoms with E-state index >= 15 is 0 Å². The van der Waals surface area contributed by atoms with Crippen LogP contribution in [0.3, 0.4) is 0 Å². The molecule has 0 unspecified atom stereocenters. The Bertz CT molecular complexity index is 742. The van der Waals surface area contributed by atoms with Crippen molar-refractivity contribution in [1.82, 2.24) is 25.4 Å². The van der Waals surface area contributed by atoms with Crippen LogP contribution < -0.4 is 21.5 Å². The molecule has 0 aromatic carbocycles. The second kappa shape index (κ2) is 11.2. The van der Waals surface area contributed by atoms with Crippen molar-refractivity contribution in [2.45, 2.75) is 40.3 Å². The van der Waals surface area contributed by atoms with Crippen molar-refractivity contribution in [3.05, 3.63) is 33.2 Å². The molecule has 1 fully saturated rings. The molecule has 1 aliphatic heterocycles. The second-order valence-electron chi connectivity index (χ2n) is 7.28. The largest absolute Gasteiger partial charge is 0.352 e. The van der Waals surface area contributed by atoms with Gasteiger partial charge in [-0.2, -0.15) is 0 Å².